The maximum Gasteiger partial charge on any atom is 0.242 e. The van der Waals surface area contributed by atoms with Crippen LogP contribution in [0.25, 0.3) is 0 Å². The first-order valence-electron chi connectivity index (χ1n) is 9.25. The highest BCUT2D eigenvalue weighted by Gasteiger charge is 2.26. The summed E-state index contributed by atoms with van der Waals surface area (Å²) in [7, 11) is 0. The minimum atomic E-state index is 0.121. The van der Waals surface area contributed by atoms with Gasteiger partial charge in [0.1, 0.15) is 0 Å². The highest BCUT2D eigenvalue weighted by Crippen LogP contribution is 2.21. The molecule has 1 aromatic rings. The minimum Gasteiger partial charge on any atom is -0.341 e. The highest BCUT2D eigenvalue weighted by molar-refractivity contribution is 5.85. The van der Waals surface area contributed by atoms with Crippen LogP contribution in [0, 0.1) is 5.92 Å². The van der Waals surface area contributed by atoms with Crippen LogP contribution in [-0.4, -0.2) is 57.6 Å². The molecule has 0 aromatic carbocycles. The van der Waals surface area contributed by atoms with Crippen LogP contribution in [0.5, 0.6) is 0 Å². The second-order valence-electron chi connectivity index (χ2n) is 7.01. The van der Waals surface area contributed by atoms with E-state index in [9.17, 15) is 9.59 Å². The molecule has 0 aliphatic carbocycles. The van der Waals surface area contributed by atoms with Crippen LogP contribution >= 0.6 is 0 Å². The zero-order chi connectivity index (χ0) is 16.8. The standard InChI is InChI=1S/C18H28N4O2/c23-17-5-2-1-3-10-21(17)15-18(24)20-12-6-16(7-13-20)8-14-22-11-4-9-19-22/h4,9,11,16H,1-3,5-8,10,12-15H2. The first-order chi connectivity index (χ1) is 11.7. The van der Waals surface area contributed by atoms with E-state index in [0.717, 1.165) is 64.7 Å². The summed E-state index contributed by atoms with van der Waals surface area (Å²) >= 11 is 0. The van der Waals surface area contributed by atoms with Crippen molar-refractivity contribution < 1.29 is 9.59 Å². The van der Waals surface area contributed by atoms with Crippen LogP contribution in [-0.2, 0) is 16.1 Å². The molecule has 0 atom stereocenters. The SMILES string of the molecule is O=C(CN1CCCCCC1=O)N1CCC(CCn2cccn2)CC1. The summed E-state index contributed by atoms with van der Waals surface area (Å²) in [5.41, 5.74) is 0. The van der Waals surface area contributed by atoms with E-state index >= 15 is 0 Å². The molecule has 3 rings (SSSR count). The molecule has 0 N–H and O–H groups in total. The molecule has 2 saturated heterocycles. The Labute approximate surface area is 143 Å². The number of carbonyl (C=O) groups excluding carboxylic acids is 2. The summed E-state index contributed by atoms with van der Waals surface area (Å²) in [6.07, 6.45) is 10.7. The molecule has 0 bridgehead atoms. The van der Waals surface area contributed by atoms with Gasteiger partial charge in [0.2, 0.25) is 11.8 Å². The molecule has 2 aliphatic heterocycles. The quantitative estimate of drug-likeness (QED) is 0.828. The average Bonchev–Trinajstić information content (AvgIpc) is 3.04. The van der Waals surface area contributed by atoms with Crippen LogP contribution in [0.3, 0.4) is 0 Å². The van der Waals surface area contributed by atoms with Crippen molar-refractivity contribution in [3.8, 4) is 0 Å². The Morgan fingerprint density at radius 3 is 2.75 bits per heavy atom. The number of hydrogen-bond acceptors (Lipinski definition) is 3. The highest BCUT2D eigenvalue weighted by atomic mass is 16.2. The van der Waals surface area contributed by atoms with E-state index in [-0.39, 0.29) is 18.4 Å². The molecule has 2 amide bonds. The van der Waals surface area contributed by atoms with Crippen LogP contribution in [0.2, 0.25) is 0 Å². The van der Waals surface area contributed by atoms with Gasteiger partial charge in [-0.3, -0.25) is 14.3 Å². The summed E-state index contributed by atoms with van der Waals surface area (Å²) in [5, 5.41) is 4.24. The topological polar surface area (TPSA) is 58.4 Å². The molecule has 1 aromatic heterocycles. The predicted molar refractivity (Wildman–Crippen MR) is 91.2 cm³/mol. The van der Waals surface area contributed by atoms with Gasteiger partial charge in [0.15, 0.2) is 0 Å². The van der Waals surface area contributed by atoms with E-state index in [1.807, 2.05) is 28.0 Å². The molecule has 24 heavy (non-hydrogen) atoms. The number of hydrogen-bond donors (Lipinski definition) is 0. The fraction of sp³-hybridized carbons (Fsp3) is 0.722. The molecule has 6 heteroatoms. The average molecular weight is 332 g/mol. The number of carbonyl (C=O) groups is 2. The van der Waals surface area contributed by atoms with Gasteiger partial charge in [-0.05, 0) is 44.1 Å². The third kappa shape index (κ3) is 4.58. The third-order valence-electron chi connectivity index (χ3n) is 5.29. The zero-order valence-electron chi connectivity index (χ0n) is 14.4. The van der Waals surface area contributed by atoms with Gasteiger partial charge in [-0.2, -0.15) is 5.10 Å². The van der Waals surface area contributed by atoms with Gasteiger partial charge in [0.05, 0.1) is 6.54 Å². The van der Waals surface area contributed by atoms with Crippen LogP contribution in [0.15, 0.2) is 18.5 Å². The van der Waals surface area contributed by atoms with Gasteiger partial charge in [-0.15, -0.1) is 0 Å². The molecule has 0 saturated carbocycles. The number of nitrogens with zero attached hydrogens (tertiary/aromatic N) is 4. The van der Waals surface area contributed by atoms with E-state index in [4.69, 9.17) is 0 Å². The molecule has 2 fully saturated rings. The summed E-state index contributed by atoms with van der Waals surface area (Å²) < 4.78 is 1.97. The molecule has 0 radical (unpaired) electrons. The molecular weight excluding hydrogens is 304 g/mol. The second-order valence-corrected chi connectivity index (χ2v) is 7.01. The number of aromatic nitrogens is 2. The van der Waals surface area contributed by atoms with Crippen molar-refractivity contribution in [3.63, 3.8) is 0 Å². The van der Waals surface area contributed by atoms with Crippen molar-refractivity contribution in [2.24, 2.45) is 5.92 Å². The first kappa shape index (κ1) is 17.0. The summed E-state index contributed by atoms with van der Waals surface area (Å²) in [6.45, 7) is 3.62. The van der Waals surface area contributed by atoms with Crippen molar-refractivity contribution in [1.82, 2.24) is 19.6 Å². The van der Waals surface area contributed by atoms with Crippen molar-refractivity contribution in [2.75, 3.05) is 26.2 Å². The number of piperidine rings is 1. The minimum absolute atomic E-state index is 0.121. The van der Waals surface area contributed by atoms with E-state index < -0.39 is 0 Å². The summed E-state index contributed by atoms with van der Waals surface area (Å²) in [4.78, 5) is 28.2. The lowest BCUT2D eigenvalue weighted by molar-refractivity contribution is -0.141. The van der Waals surface area contributed by atoms with Gasteiger partial charge < -0.3 is 9.80 Å². The van der Waals surface area contributed by atoms with Crippen molar-refractivity contribution >= 4 is 11.8 Å². The van der Waals surface area contributed by atoms with E-state index in [1.54, 1.807) is 4.90 Å². The lowest BCUT2D eigenvalue weighted by atomic mass is 9.93. The van der Waals surface area contributed by atoms with Gasteiger partial charge in [-0.1, -0.05) is 6.42 Å². The monoisotopic (exact) mass is 332 g/mol. The fourth-order valence-electron chi connectivity index (χ4n) is 3.69. The Balaban J connectivity index is 1.40. The first-order valence-corrected chi connectivity index (χ1v) is 9.25. The smallest absolute Gasteiger partial charge is 0.242 e. The van der Waals surface area contributed by atoms with Gasteiger partial charge >= 0.3 is 0 Å². The maximum absolute atomic E-state index is 12.5. The van der Waals surface area contributed by atoms with E-state index in [0.29, 0.717) is 12.3 Å². The Morgan fingerprint density at radius 1 is 1.17 bits per heavy atom. The lowest BCUT2D eigenvalue weighted by Crippen LogP contribution is -2.45. The molecule has 132 valence electrons. The molecule has 6 nitrogen and oxygen atoms in total. The van der Waals surface area contributed by atoms with Crippen LogP contribution in [0.1, 0.15) is 44.9 Å². The Kier molecular flexibility index (Phi) is 5.88. The van der Waals surface area contributed by atoms with Gasteiger partial charge in [-0.25, -0.2) is 0 Å². The Hall–Kier alpha value is -1.85. The fourth-order valence-corrected chi connectivity index (χ4v) is 3.69. The Bertz CT molecular complexity index is 535. The predicted octanol–water partition coefficient (Wildman–Crippen LogP) is 1.91. The lowest BCUT2D eigenvalue weighted by Gasteiger charge is -2.33. The normalized spacial score (nSPS) is 20.2. The van der Waals surface area contributed by atoms with Gasteiger partial charge in [0.25, 0.3) is 0 Å². The van der Waals surface area contributed by atoms with Crippen molar-refractivity contribution in [2.45, 2.75) is 51.5 Å². The molecule has 2 aliphatic rings. The number of amides is 2. The number of rotatable bonds is 5. The van der Waals surface area contributed by atoms with Gasteiger partial charge in [0, 0.05) is 45.0 Å². The second kappa shape index (κ2) is 8.31. The Morgan fingerprint density at radius 2 is 2.00 bits per heavy atom. The molecule has 0 unspecified atom stereocenters. The van der Waals surface area contributed by atoms with E-state index in [1.165, 1.54) is 0 Å². The van der Waals surface area contributed by atoms with Crippen LogP contribution in [0.4, 0.5) is 0 Å². The number of aryl methyl sites for hydroxylation is 1. The zero-order valence-corrected chi connectivity index (χ0v) is 14.4. The van der Waals surface area contributed by atoms with E-state index in [2.05, 4.69) is 5.10 Å². The summed E-state index contributed by atoms with van der Waals surface area (Å²) in [6, 6.07) is 1.95. The number of likely N-dealkylation sites (tertiary alicyclic amines) is 2. The largest absolute Gasteiger partial charge is 0.341 e. The maximum atomic E-state index is 12.5. The van der Waals surface area contributed by atoms with Crippen molar-refractivity contribution in [1.29, 1.82) is 0 Å². The summed E-state index contributed by atoms with van der Waals surface area (Å²) in [5.74, 6) is 0.934. The molecule has 0 spiro atoms. The molecule has 3 heterocycles. The third-order valence-corrected chi connectivity index (χ3v) is 5.29. The van der Waals surface area contributed by atoms with Crippen LogP contribution < -0.4 is 0 Å². The van der Waals surface area contributed by atoms with Crippen molar-refractivity contribution in [3.05, 3.63) is 18.5 Å². The molecular formula is C18H28N4O2.